The van der Waals surface area contributed by atoms with E-state index in [9.17, 15) is 13.2 Å². The van der Waals surface area contributed by atoms with Crippen LogP contribution in [0.5, 0.6) is 5.75 Å². The number of hydrogen-bond acceptors (Lipinski definition) is 4. The van der Waals surface area contributed by atoms with E-state index >= 15 is 0 Å². The molecule has 0 unspecified atom stereocenters. The predicted molar refractivity (Wildman–Crippen MR) is 94.2 cm³/mol. The lowest BCUT2D eigenvalue weighted by Crippen LogP contribution is -2.47. The SMILES string of the molecule is CCS(=O)(=O)NC1CCN(C(=O)COc2ccc(Cl)cc2Cl)CC1. The van der Waals surface area contributed by atoms with Crippen LogP contribution in [0.25, 0.3) is 0 Å². The quantitative estimate of drug-likeness (QED) is 0.802. The number of ether oxygens (including phenoxy) is 1. The minimum Gasteiger partial charge on any atom is -0.482 e. The standard InChI is InChI=1S/C15H20Cl2N2O4S/c1-2-24(21,22)18-12-5-7-19(8-6-12)15(20)10-23-14-4-3-11(16)9-13(14)17/h3-4,9,12,18H,2,5-8,10H2,1H3. The molecule has 134 valence electrons. The molecule has 1 saturated heterocycles. The van der Waals surface area contributed by atoms with Crippen LogP contribution in [0.2, 0.25) is 10.0 Å². The van der Waals surface area contributed by atoms with Crippen LogP contribution in [0.3, 0.4) is 0 Å². The molecular formula is C15H20Cl2N2O4S. The summed E-state index contributed by atoms with van der Waals surface area (Å²) in [4.78, 5) is 13.9. The number of benzene rings is 1. The van der Waals surface area contributed by atoms with Crippen molar-refractivity contribution in [3.8, 4) is 5.75 Å². The van der Waals surface area contributed by atoms with Gasteiger partial charge in [-0.05, 0) is 38.0 Å². The van der Waals surface area contributed by atoms with Gasteiger partial charge in [0.25, 0.3) is 5.91 Å². The molecule has 0 spiro atoms. The number of likely N-dealkylation sites (tertiary alicyclic amines) is 1. The molecule has 0 radical (unpaired) electrons. The molecule has 0 aliphatic carbocycles. The highest BCUT2D eigenvalue weighted by molar-refractivity contribution is 7.89. The van der Waals surface area contributed by atoms with E-state index in [-0.39, 0.29) is 24.3 Å². The molecule has 9 heteroatoms. The van der Waals surface area contributed by atoms with Gasteiger partial charge < -0.3 is 9.64 Å². The Morgan fingerprint density at radius 2 is 2.00 bits per heavy atom. The van der Waals surface area contributed by atoms with Gasteiger partial charge in [-0.2, -0.15) is 0 Å². The lowest BCUT2D eigenvalue weighted by atomic mass is 10.1. The third-order valence-electron chi connectivity index (χ3n) is 3.82. The van der Waals surface area contributed by atoms with Gasteiger partial charge in [0, 0.05) is 24.2 Å². The van der Waals surface area contributed by atoms with Gasteiger partial charge in [0.1, 0.15) is 5.75 Å². The van der Waals surface area contributed by atoms with Crippen LogP contribution in [-0.2, 0) is 14.8 Å². The molecule has 0 saturated carbocycles. The predicted octanol–water partition coefficient (Wildman–Crippen LogP) is 2.30. The van der Waals surface area contributed by atoms with Crippen molar-refractivity contribution < 1.29 is 17.9 Å². The third kappa shape index (κ3) is 5.51. The molecule has 1 aliphatic heterocycles. The smallest absolute Gasteiger partial charge is 0.260 e. The number of sulfonamides is 1. The Morgan fingerprint density at radius 3 is 2.58 bits per heavy atom. The Kier molecular flexibility index (Phi) is 6.74. The maximum atomic E-state index is 12.2. The van der Waals surface area contributed by atoms with Crippen molar-refractivity contribution in [1.29, 1.82) is 0 Å². The molecule has 0 aromatic heterocycles. The Morgan fingerprint density at radius 1 is 1.33 bits per heavy atom. The van der Waals surface area contributed by atoms with Crippen LogP contribution < -0.4 is 9.46 Å². The molecule has 24 heavy (non-hydrogen) atoms. The fraction of sp³-hybridized carbons (Fsp3) is 0.533. The zero-order valence-corrected chi connectivity index (χ0v) is 15.6. The van der Waals surface area contributed by atoms with E-state index in [0.717, 1.165) is 0 Å². The molecule has 2 rings (SSSR count). The van der Waals surface area contributed by atoms with Gasteiger partial charge >= 0.3 is 0 Å². The summed E-state index contributed by atoms with van der Waals surface area (Å²) in [5, 5.41) is 0.846. The lowest BCUT2D eigenvalue weighted by molar-refractivity contribution is -0.134. The number of nitrogens with one attached hydrogen (secondary N) is 1. The first-order valence-corrected chi connectivity index (χ1v) is 10.1. The van der Waals surface area contributed by atoms with Crippen molar-refractivity contribution in [2.24, 2.45) is 0 Å². The fourth-order valence-electron chi connectivity index (χ4n) is 2.41. The van der Waals surface area contributed by atoms with Crippen LogP contribution in [-0.4, -0.2) is 50.7 Å². The topological polar surface area (TPSA) is 75.7 Å². The Balaban J connectivity index is 1.80. The van der Waals surface area contributed by atoms with E-state index in [1.54, 1.807) is 30.0 Å². The molecule has 1 amide bonds. The van der Waals surface area contributed by atoms with E-state index in [2.05, 4.69) is 4.72 Å². The number of rotatable bonds is 6. The van der Waals surface area contributed by atoms with Crippen molar-refractivity contribution in [2.45, 2.75) is 25.8 Å². The number of nitrogens with zero attached hydrogens (tertiary/aromatic N) is 1. The number of amides is 1. The van der Waals surface area contributed by atoms with Gasteiger partial charge in [0.2, 0.25) is 10.0 Å². The van der Waals surface area contributed by atoms with E-state index in [1.165, 1.54) is 0 Å². The van der Waals surface area contributed by atoms with Gasteiger partial charge in [-0.3, -0.25) is 4.79 Å². The minimum atomic E-state index is -3.21. The van der Waals surface area contributed by atoms with Gasteiger partial charge in [-0.1, -0.05) is 23.2 Å². The summed E-state index contributed by atoms with van der Waals surface area (Å²) in [6.45, 7) is 2.47. The first-order valence-electron chi connectivity index (χ1n) is 7.66. The summed E-state index contributed by atoms with van der Waals surface area (Å²) in [6, 6.07) is 4.68. The Bertz CT molecular complexity index is 689. The molecule has 1 fully saturated rings. The highest BCUT2D eigenvalue weighted by atomic mass is 35.5. The average molecular weight is 395 g/mol. The molecule has 0 atom stereocenters. The van der Waals surface area contributed by atoms with E-state index in [4.69, 9.17) is 27.9 Å². The second-order valence-electron chi connectivity index (χ2n) is 5.54. The Labute approximate surface area is 152 Å². The van der Waals surface area contributed by atoms with Crippen LogP contribution >= 0.6 is 23.2 Å². The molecule has 6 nitrogen and oxygen atoms in total. The van der Waals surface area contributed by atoms with Crippen LogP contribution in [0, 0.1) is 0 Å². The summed E-state index contributed by atoms with van der Waals surface area (Å²) < 4.78 is 31.2. The van der Waals surface area contributed by atoms with Crippen LogP contribution in [0.1, 0.15) is 19.8 Å². The van der Waals surface area contributed by atoms with Crippen LogP contribution in [0.4, 0.5) is 0 Å². The van der Waals surface area contributed by atoms with Gasteiger partial charge in [0.05, 0.1) is 10.8 Å². The maximum Gasteiger partial charge on any atom is 0.260 e. The van der Waals surface area contributed by atoms with Crippen LogP contribution in [0.15, 0.2) is 18.2 Å². The molecular weight excluding hydrogens is 375 g/mol. The summed E-state index contributed by atoms with van der Waals surface area (Å²) in [5.74, 6) is 0.305. The first kappa shape index (κ1) is 19.3. The number of piperidine rings is 1. The van der Waals surface area contributed by atoms with Crippen molar-refractivity contribution >= 4 is 39.1 Å². The number of carbonyl (C=O) groups excluding carboxylic acids is 1. The maximum absolute atomic E-state index is 12.2. The fourth-order valence-corrected chi connectivity index (χ4v) is 3.78. The van der Waals surface area contributed by atoms with Crippen molar-refractivity contribution in [1.82, 2.24) is 9.62 Å². The van der Waals surface area contributed by atoms with Crippen molar-refractivity contribution in [3.05, 3.63) is 28.2 Å². The van der Waals surface area contributed by atoms with E-state index < -0.39 is 10.0 Å². The molecule has 0 bridgehead atoms. The zero-order chi connectivity index (χ0) is 17.7. The van der Waals surface area contributed by atoms with Crippen molar-refractivity contribution in [2.75, 3.05) is 25.4 Å². The van der Waals surface area contributed by atoms with Gasteiger partial charge in [-0.25, -0.2) is 13.1 Å². The summed E-state index contributed by atoms with van der Waals surface area (Å²) in [6.07, 6.45) is 1.18. The van der Waals surface area contributed by atoms with E-state index in [0.29, 0.717) is 41.7 Å². The molecule has 1 N–H and O–H groups in total. The molecule has 1 aromatic carbocycles. The zero-order valence-electron chi connectivity index (χ0n) is 13.3. The largest absolute Gasteiger partial charge is 0.482 e. The van der Waals surface area contributed by atoms with E-state index in [1.807, 2.05) is 0 Å². The molecule has 1 aromatic rings. The average Bonchev–Trinajstić information content (AvgIpc) is 2.54. The minimum absolute atomic E-state index is 0.0574. The Hall–Kier alpha value is -1.02. The number of carbonyl (C=O) groups is 1. The highest BCUT2D eigenvalue weighted by Gasteiger charge is 2.25. The normalized spacial score (nSPS) is 16.2. The van der Waals surface area contributed by atoms with Crippen molar-refractivity contribution in [3.63, 3.8) is 0 Å². The second kappa shape index (κ2) is 8.38. The van der Waals surface area contributed by atoms with Gasteiger partial charge in [-0.15, -0.1) is 0 Å². The molecule has 1 heterocycles. The monoisotopic (exact) mass is 394 g/mol. The number of hydrogen-bond donors (Lipinski definition) is 1. The lowest BCUT2D eigenvalue weighted by Gasteiger charge is -2.32. The third-order valence-corrected chi connectivity index (χ3v) is 5.80. The van der Waals surface area contributed by atoms with Gasteiger partial charge in [0.15, 0.2) is 6.61 Å². The highest BCUT2D eigenvalue weighted by Crippen LogP contribution is 2.27. The molecule has 1 aliphatic rings. The second-order valence-corrected chi connectivity index (χ2v) is 8.43. The summed E-state index contributed by atoms with van der Waals surface area (Å²) >= 11 is 11.8. The summed E-state index contributed by atoms with van der Waals surface area (Å²) in [7, 11) is -3.21. The summed E-state index contributed by atoms with van der Waals surface area (Å²) in [5.41, 5.74) is 0. The number of halogens is 2. The first-order chi connectivity index (χ1) is 11.3.